The van der Waals surface area contributed by atoms with E-state index >= 15 is 0 Å². The Labute approximate surface area is 122 Å². The molecule has 1 aliphatic carbocycles. The number of nitrogen functional groups attached to an aromatic ring is 1. The second kappa shape index (κ2) is 5.55. The van der Waals surface area contributed by atoms with Crippen molar-refractivity contribution in [2.45, 2.75) is 31.3 Å². The van der Waals surface area contributed by atoms with E-state index in [4.69, 9.17) is 17.4 Å². The topological polar surface area (TPSA) is 83.3 Å². The van der Waals surface area contributed by atoms with Gasteiger partial charge in [-0.25, -0.2) is 10.8 Å². The molecule has 1 saturated heterocycles. The van der Waals surface area contributed by atoms with E-state index in [2.05, 4.69) is 20.6 Å². The van der Waals surface area contributed by atoms with Crippen molar-refractivity contribution in [1.82, 2.24) is 15.2 Å². The van der Waals surface area contributed by atoms with Crippen LogP contribution in [0.5, 0.6) is 0 Å². The van der Waals surface area contributed by atoms with Crippen LogP contribution in [0.4, 0.5) is 5.82 Å². The van der Waals surface area contributed by atoms with Gasteiger partial charge in [0.15, 0.2) is 0 Å². The largest absolute Gasteiger partial charge is 0.347 e. The van der Waals surface area contributed by atoms with Gasteiger partial charge in [-0.05, 0) is 31.4 Å². The van der Waals surface area contributed by atoms with Crippen LogP contribution in [0, 0.1) is 0 Å². The second-order valence-electron chi connectivity index (χ2n) is 5.36. The summed E-state index contributed by atoms with van der Waals surface area (Å²) in [6.45, 7) is 1.98. The minimum atomic E-state index is -0.241. The number of hydrazine groups is 1. The van der Waals surface area contributed by atoms with Crippen molar-refractivity contribution in [2.24, 2.45) is 5.84 Å². The summed E-state index contributed by atoms with van der Waals surface area (Å²) in [4.78, 5) is 18.8. The number of nitrogens with zero attached hydrogens (tertiary/aromatic N) is 2. The number of hydrogen-bond donors (Lipinski definition) is 3. The molecule has 4 N–H and O–H groups in total. The SMILES string of the molecule is NNc1ccc(Cl)c(C(=O)NC2CCN(C3CC3)C2)n1. The molecule has 2 heterocycles. The molecule has 0 radical (unpaired) electrons. The highest BCUT2D eigenvalue weighted by molar-refractivity contribution is 6.33. The number of aromatic nitrogens is 1. The monoisotopic (exact) mass is 295 g/mol. The van der Waals surface area contributed by atoms with Crippen LogP contribution >= 0.6 is 11.6 Å². The van der Waals surface area contributed by atoms with E-state index in [1.807, 2.05) is 0 Å². The van der Waals surface area contributed by atoms with Crippen LogP contribution < -0.4 is 16.6 Å². The number of pyridine rings is 1. The van der Waals surface area contributed by atoms with Crippen LogP contribution in [0.25, 0.3) is 0 Å². The Bertz CT molecular complexity index is 519. The zero-order chi connectivity index (χ0) is 14.1. The number of carbonyl (C=O) groups is 1. The first-order valence-electron chi connectivity index (χ1n) is 6.85. The summed E-state index contributed by atoms with van der Waals surface area (Å²) < 4.78 is 0. The lowest BCUT2D eigenvalue weighted by Crippen LogP contribution is -2.38. The fourth-order valence-electron chi connectivity index (χ4n) is 2.61. The van der Waals surface area contributed by atoms with Gasteiger partial charge in [0.1, 0.15) is 11.5 Å². The van der Waals surface area contributed by atoms with Crippen LogP contribution in [-0.4, -0.2) is 41.0 Å². The summed E-state index contributed by atoms with van der Waals surface area (Å²) in [5.41, 5.74) is 2.63. The number of hydrogen-bond acceptors (Lipinski definition) is 5. The molecule has 20 heavy (non-hydrogen) atoms. The van der Waals surface area contributed by atoms with Gasteiger partial charge >= 0.3 is 0 Å². The molecular formula is C13H18ClN5O. The lowest BCUT2D eigenvalue weighted by molar-refractivity contribution is 0.0933. The zero-order valence-corrected chi connectivity index (χ0v) is 11.9. The lowest BCUT2D eigenvalue weighted by atomic mass is 10.2. The minimum Gasteiger partial charge on any atom is -0.347 e. The molecule has 0 spiro atoms. The third kappa shape index (κ3) is 2.87. The molecule has 0 bridgehead atoms. The van der Waals surface area contributed by atoms with Gasteiger partial charge in [0.2, 0.25) is 0 Å². The molecular weight excluding hydrogens is 278 g/mol. The molecule has 2 fully saturated rings. The predicted octanol–water partition coefficient (Wildman–Crippen LogP) is 0.987. The Morgan fingerprint density at radius 3 is 2.90 bits per heavy atom. The summed E-state index contributed by atoms with van der Waals surface area (Å²) in [5, 5.41) is 3.34. The second-order valence-corrected chi connectivity index (χ2v) is 5.76. The van der Waals surface area contributed by atoms with Crippen molar-refractivity contribution in [3.63, 3.8) is 0 Å². The molecule has 1 saturated carbocycles. The van der Waals surface area contributed by atoms with Crippen molar-refractivity contribution >= 4 is 23.3 Å². The maximum atomic E-state index is 12.2. The Balaban J connectivity index is 1.64. The van der Waals surface area contributed by atoms with Crippen molar-refractivity contribution in [3.8, 4) is 0 Å². The normalized spacial score (nSPS) is 22.8. The van der Waals surface area contributed by atoms with Crippen LogP contribution in [0.2, 0.25) is 5.02 Å². The number of anilines is 1. The quantitative estimate of drug-likeness (QED) is 0.570. The molecule has 2 aliphatic rings. The van der Waals surface area contributed by atoms with Crippen LogP contribution in [0.15, 0.2) is 12.1 Å². The molecule has 1 aromatic heterocycles. The maximum Gasteiger partial charge on any atom is 0.271 e. The van der Waals surface area contributed by atoms with Crippen molar-refractivity contribution in [2.75, 3.05) is 18.5 Å². The average molecular weight is 296 g/mol. The van der Waals surface area contributed by atoms with Gasteiger partial charge < -0.3 is 10.7 Å². The smallest absolute Gasteiger partial charge is 0.271 e. The summed E-state index contributed by atoms with van der Waals surface area (Å²) in [6.07, 6.45) is 3.56. The number of likely N-dealkylation sites (tertiary alicyclic amines) is 1. The first-order chi connectivity index (χ1) is 9.67. The third-order valence-electron chi connectivity index (χ3n) is 3.83. The molecule has 1 aliphatic heterocycles. The molecule has 7 heteroatoms. The van der Waals surface area contributed by atoms with Gasteiger partial charge in [-0.1, -0.05) is 11.6 Å². The number of carbonyl (C=O) groups excluding carboxylic acids is 1. The standard InChI is InChI=1S/C13H18ClN5O/c14-10-3-4-11(18-15)17-12(10)13(20)16-8-5-6-19(7-8)9-1-2-9/h3-4,8-9H,1-2,5-7,15H2,(H,16,20)(H,17,18). The van der Waals surface area contributed by atoms with Gasteiger partial charge in [0.25, 0.3) is 5.91 Å². The summed E-state index contributed by atoms with van der Waals surface area (Å²) in [7, 11) is 0. The van der Waals surface area contributed by atoms with E-state index in [0.717, 1.165) is 25.6 Å². The first-order valence-corrected chi connectivity index (χ1v) is 7.23. The fourth-order valence-corrected chi connectivity index (χ4v) is 2.80. The van der Waals surface area contributed by atoms with E-state index in [0.29, 0.717) is 10.8 Å². The Morgan fingerprint density at radius 1 is 1.40 bits per heavy atom. The highest BCUT2D eigenvalue weighted by atomic mass is 35.5. The zero-order valence-electron chi connectivity index (χ0n) is 11.1. The van der Waals surface area contributed by atoms with Crippen LogP contribution in [-0.2, 0) is 0 Å². The number of nitrogens with one attached hydrogen (secondary N) is 2. The van der Waals surface area contributed by atoms with Crippen molar-refractivity contribution in [1.29, 1.82) is 0 Å². The average Bonchev–Trinajstić information content (AvgIpc) is 3.20. The molecule has 1 unspecified atom stereocenters. The number of rotatable bonds is 4. The molecule has 1 atom stereocenters. The van der Waals surface area contributed by atoms with Crippen molar-refractivity contribution < 1.29 is 4.79 Å². The number of halogens is 1. The summed E-state index contributed by atoms with van der Waals surface area (Å²) in [6, 6.07) is 4.16. The Morgan fingerprint density at radius 2 is 2.20 bits per heavy atom. The molecule has 1 aromatic rings. The van der Waals surface area contributed by atoms with Crippen LogP contribution in [0.3, 0.4) is 0 Å². The predicted molar refractivity (Wildman–Crippen MR) is 77.5 cm³/mol. The number of amides is 1. The summed E-state index contributed by atoms with van der Waals surface area (Å²) >= 11 is 6.02. The van der Waals surface area contributed by atoms with Gasteiger partial charge in [-0.2, -0.15) is 0 Å². The van der Waals surface area contributed by atoms with E-state index in [-0.39, 0.29) is 17.6 Å². The third-order valence-corrected chi connectivity index (χ3v) is 4.13. The van der Waals surface area contributed by atoms with E-state index in [9.17, 15) is 4.79 Å². The Hall–Kier alpha value is -1.37. The Kier molecular flexibility index (Phi) is 3.78. The first kappa shape index (κ1) is 13.6. The molecule has 1 amide bonds. The van der Waals surface area contributed by atoms with Gasteiger partial charge in [-0.15, -0.1) is 0 Å². The number of nitrogens with two attached hydrogens (primary N) is 1. The highest BCUT2D eigenvalue weighted by Gasteiger charge is 2.35. The lowest BCUT2D eigenvalue weighted by Gasteiger charge is -2.16. The van der Waals surface area contributed by atoms with Gasteiger partial charge in [-0.3, -0.25) is 9.69 Å². The molecule has 0 aromatic carbocycles. The van der Waals surface area contributed by atoms with Crippen molar-refractivity contribution in [3.05, 3.63) is 22.8 Å². The van der Waals surface area contributed by atoms with Gasteiger partial charge in [0.05, 0.1) is 5.02 Å². The fraction of sp³-hybridized carbons (Fsp3) is 0.538. The van der Waals surface area contributed by atoms with Crippen LogP contribution in [0.1, 0.15) is 29.8 Å². The van der Waals surface area contributed by atoms with E-state index < -0.39 is 0 Å². The highest BCUT2D eigenvalue weighted by Crippen LogP contribution is 2.29. The van der Waals surface area contributed by atoms with E-state index in [1.165, 1.54) is 12.8 Å². The van der Waals surface area contributed by atoms with Gasteiger partial charge in [0, 0.05) is 25.2 Å². The maximum absolute atomic E-state index is 12.2. The molecule has 3 rings (SSSR count). The molecule has 108 valence electrons. The summed E-state index contributed by atoms with van der Waals surface area (Å²) in [5.74, 6) is 5.48. The van der Waals surface area contributed by atoms with E-state index in [1.54, 1.807) is 12.1 Å². The minimum absolute atomic E-state index is 0.176. The molecule has 6 nitrogen and oxygen atoms in total.